The number of alkyl halides is 1. The summed E-state index contributed by atoms with van der Waals surface area (Å²) in [6.45, 7) is 5.51. The quantitative estimate of drug-likeness (QED) is 0.0505. The van der Waals surface area contributed by atoms with E-state index in [4.69, 9.17) is 40.0 Å². The summed E-state index contributed by atoms with van der Waals surface area (Å²) >= 11 is 8.58. The fourth-order valence-electron chi connectivity index (χ4n) is 7.81. The maximum absolute atomic E-state index is 11.5. The Morgan fingerprint density at radius 3 is 1.51 bits per heavy atom. The molecule has 0 saturated carbocycles. The van der Waals surface area contributed by atoms with Crippen molar-refractivity contribution in [3.63, 3.8) is 0 Å². The van der Waals surface area contributed by atoms with Crippen LogP contribution in [0.1, 0.15) is 31.4 Å². The number of nitrogens with one attached hydrogen (secondary N) is 3. The zero-order valence-electron chi connectivity index (χ0n) is 42.2. The molecule has 0 amide bonds. The molecule has 0 unspecified atom stereocenters. The monoisotopic (exact) mass is 1150 g/mol. The molecule has 0 radical (unpaired) electrons. The Bertz CT molecular complexity index is 3310. The molecule has 23 heteroatoms. The van der Waals surface area contributed by atoms with Crippen molar-refractivity contribution < 1.29 is 36.8 Å². The van der Waals surface area contributed by atoms with Gasteiger partial charge in [-0.1, -0.05) is 30.1 Å². The molecule has 408 valence electrons. The van der Waals surface area contributed by atoms with E-state index in [1.165, 1.54) is 22.7 Å². The standard InChI is InChI=1S/C27H27N5O4S2.C23H19ClN4O3S.C4H9NOS.CH4/c1-34-24-15-22-23(16-25(24)35-11-2-8-32-9-13-38(33)14-10-32)30-18-19(17-28)26(22)31-20-3-5-21(6-4-20)36-27-29-7-12-37-27;1-29-20-11-18-19(12-21(20)30-9-2-7-24)27-14-15(13-25)22(18)28-16-3-5-17(6-4-16)31-23-26-8-10-32-23;6-7-3-1-5-2-4-7;/h3-7,12,15-16,18H,2,8-11,13-14H2,1H3,(H,30,31);3-6,8,10-12,14H,2,7,9H2,1H3,(H,27,28);5H,1-4H2;1H4. The first kappa shape index (κ1) is 58.5. The second-order valence-corrected chi connectivity index (χ2v) is 22.3. The van der Waals surface area contributed by atoms with Crippen LogP contribution < -0.4 is 44.4 Å². The Morgan fingerprint density at radius 1 is 0.654 bits per heavy atom. The Labute approximate surface area is 471 Å². The lowest BCUT2D eigenvalue weighted by Gasteiger charge is -2.25. The number of fused-ring (bicyclic) bond motifs is 2. The first-order chi connectivity index (χ1) is 37.7. The molecule has 0 bridgehead atoms. The van der Waals surface area contributed by atoms with Gasteiger partial charge < -0.3 is 49.3 Å². The predicted molar refractivity (Wildman–Crippen MR) is 313 cm³/mol. The molecule has 18 nitrogen and oxygen atoms in total. The van der Waals surface area contributed by atoms with Crippen LogP contribution in [0.15, 0.2) is 108 Å². The van der Waals surface area contributed by atoms with Crippen LogP contribution in [0.3, 0.4) is 0 Å². The van der Waals surface area contributed by atoms with E-state index in [-0.39, 0.29) is 7.43 Å². The molecule has 2 saturated heterocycles. The van der Waals surface area contributed by atoms with E-state index in [0.717, 1.165) is 90.7 Å². The molecule has 10 rings (SSSR count). The van der Waals surface area contributed by atoms with Crippen molar-refractivity contribution in [2.75, 3.05) is 99.7 Å². The highest BCUT2D eigenvalue weighted by Crippen LogP contribution is 2.39. The zero-order valence-corrected chi connectivity index (χ0v) is 46.2. The number of ether oxygens (including phenoxy) is 6. The third-order valence-electron chi connectivity index (χ3n) is 11.7. The van der Waals surface area contributed by atoms with Crippen LogP contribution >= 0.6 is 34.3 Å². The number of anilines is 4. The normalized spacial score (nSPS) is 13.5. The third kappa shape index (κ3) is 16.4. The van der Waals surface area contributed by atoms with Gasteiger partial charge in [0.25, 0.3) is 10.4 Å². The Morgan fingerprint density at radius 2 is 1.12 bits per heavy atom. The lowest BCUT2D eigenvalue weighted by atomic mass is 10.1. The minimum Gasteiger partial charge on any atom is -0.493 e. The van der Waals surface area contributed by atoms with E-state index in [0.29, 0.717) is 97.5 Å². The summed E-state index contributed by atoms with van der Waals surface area (Å²) in [6, 6.07) is 26.6. The average molecular weight is 1150 g/mol. The summed E-state index contributed by atoms with van der Waals surface area (Å²) in [6.07, 6.45) is 8.05. The minimum atomic E-state index is -0.670. The summed E-state index contributed by atoms with van der Waals surface area (Å²) in [5.41, 5.74) is 5.05. The van der Waals surface area contributed by atoms with Crippen molar-refractivity contribution in [3.8, 4) is 57.0 Å². The van der Waals surface area contributed by atoms with E-state index in [1.807, 2.05) is 77.5 Å². The van der Waals surface area contributed by atoms with Gasteiger partial charge in [-0.3, -0.25) is 18.4 Å². The number of aromatic nitrogens is 4. The van der Waals surface area contributed by atoms with Crippen LogP contribution in [0.2, 0.25) is 0 Å². The largest absolute Gasteiger partial charge is 0.493 e. The molecular formula is C55H59ClN10O8S4. The molecule has 8 aromatic rings. The van der Waals surface area contributed by atoms with Gasteiger partial charge >= 0.3 is 0 Å². The third-order valence-corrected chi connectivity index (χ3v) is 15.9. The number of nitrogens with zero attached hydrogens (tertiary/aromatic N) is 7. The maximum Gasteiger partial charge on any atom is 0.278 e. The number of halogens is 1. The highest BCUT2D eigenvalue weighted by atomic mass is 35.5. The number of methoxy groups -OCH3 is 2. The number of hydrogen-bond acceptors (Lipinski definition) is 20. The van der Waals surface area contributed by atoms with Crippen LogP contribution in [-0.4, -0.2) is 122 Å². The Kier molecular flexibility index (Phi) is 22.6. The number of thiazole rings is 2. The van der Waals surface area contributed by atoms with Gasteiger partial charge in [0.05, 0.1) is 61.0 Å². The topological polar surface area (TPSA) is 228 Å². The van der Waals surface area contributed by atoms with E-state index in [2.05, 4.69) is 52.9 Å². The van der Waals surface area contributed by atoms with Crippen molar-refractivity contribution in [3.05, 3.63) is 119 Å². The molecule has 0 aliphatic carbocycles. The summed E-state index contributed by atoms with van der Waals surface area (Å²) in [4.78, 5) is 19.5. The van der Waals surface area contributed by atoms with Crippen molar-refractivity contribution in [1.29, 1.82) is 10.5 Å². The minimum absolute atomic E-state index is 0. The number of rotatable bonds is 19. The van der Waals surface area contributed by atoms with Gasteiger partial charge in [-0.2, -0.15) is 10.5 Å². The molecule has 4 aromatic heterocycles. The Hall–Kier alpha value is -7.15. The van der Waals surface area contributed by atoms with Gasteiger partial charge in [-0.05, 0) is 73.5 Å². The van der Waals surface area contributed by atoms with Crippen molar-refractivity contribution in [1.82, 2.24) is 30.2 Å². The first-order valence-electron chi connectivity index (χ1n) is 24.4. The van der Waals surface area contributed by atoms with E-state index in [9.17, 15) is 18.9 Å². The van der Waals surface area contributed by atoms with Crippen molar-refractivity contribution >= 4 is 100 Å². The maximum atomic E-state index is 11.5. The van der Waals surface area contributed by atoms with Gasteiger partial charge in [0.15, 0.2) is 23.0 Å². The van der Waals surface area contributed by atoms with Crippen LogP contribution in [0.4, 0.5) is 22.7 Å². The second-order valence-electron chi connectivity index (χ2n) is 16.8. The van der Waals surface area contributed by atoms with Gasteiger partial charge in [0.1, 0.15) is 23.6 Å². The van der Waals surface area contributed by atoms with E-state index in [1.54, 1.807) is 45.1 Å². The van der Waals surface area contributed by atoms with Gasteiger partial charge in [-0.15, -0.1) is 11.6 Å². The van der Waals surface area contributed by atoms with Gasteiger partial charge in [-0.25, -0.2) is 9.97 Å². The molecule has 78 heavy (non-hydrogen) atoms. The van der Waals surface area contributed by atoms with Gasteiger partial charge in [0.2, 0.25) is 0 Å². The summed E-state index contributed by atoms with van der Waals surface area (Å²) in [5.74, 6) is 7.35. The molecular weight excluding hydrogens is 1090 g/mol. The van der Waals surface area contributed by atoms with Crippen LogP contribution in [0, 0.1) is 22.7 Å². The number of hydrogen-bond donors (Lipinski definition) is 3. The number of benzene rings is 4. The summed E-state index contributed by atoms with van der Waals surface area (Å²) in [7, 11) is 2.00. The van der Waals surface area contributed by atoms with Crippen molar-refractivity contribution in [2.45, 2.75) is 20.3 Å². The van der Waals surface area contributed by atoms with Crippen LogP contribution in [-0.2, 0) is 21.6 Å². The smallest absolute Gasteiger partial charge is 0.278 e. The predicted octanol–water partition coefficient (Wildman–Crippen LogP) is 11.0. The molecule has 0 atom stereocenters. The lowest BCUT2D eigenvalue weighted by molar-refractivity contribution is 0.241. The molecule has 2 aliphatic heterocycles. The van der Waals surface area contributed by atoms with E-state index < -0.39 is 21.6 Å². The molecule has 2 fully saturated rings. The highest BCUT2D eigenvalue weighted by Gasteiger charge is 2.18. The fourth-order valence-corrected chi connectivity index (χ4v) is 11.0. The molecule has 0 spiro atoms. The number of pyridine rings is 2. The fraction of sp³-hybridized carbons (Fsp3) is 0.309. The molecule has 3 N–H and O–H groups in total. The van der Waals surface area contributed by atoms with Crippen molar-refractivity contribution in [2.24, 2.45) is 0 Å². The lowest BCUT2D eigenvalue weighted by Crippen LogP contribution is -2.38. The van der Waals surface area contributed by atoms with Crippen LogP contribution in [0.5, 0.6) is 44.9 Å². The highest BCUT2D eigenvalue weighted by molar-refractivity contribution is 7.85. The van der Waals surface area contributed by atoms with Crippen LogP contribution in [0.25, 0.3) is 21.8 Å². The molecule has 4 aromatic carbocycles. The summed E-state index contributed by atoms with van der Waals surface area (Å²) in [5, 5.41) is 35.6. The average Bonchev–Trinajstić information content (AvgIpc) is 4.27. The molecule has 2 aliphatic rings. The zero-order chi connectivity index (χ0) is 53.8. The number of nitriles is 2. The Balaban J connectivity index is 0.000000200. The first-order valence-corrected chi connectivity index (χ1v) is 29.7. The molecule has 6 heterocycles. The SMILES string of the molecule is C.COc1cc2c(Nc3ccc(Oc4nccs4)cc3)c(C#N)cnc2cc1OCCCCl.COc1cc2c(Nc3ccc(Oc4nccs4)cc3)c(C#N)cnc2cc1OCCCN1CCS(=O)CC1.O=S1CCNCC1. The second kappa shape index (κ2) is 30.1. The van der Waals surface area contributed by atoms with Gasteiger partial charge in [0, 0.05) is 153 Å². The van der Waals surface area contributed by atoms with E-state index >= 15 is 0 Å². The summed E-state index contributed by atoms with van der Waals surface area (Å²) < 4.78 is 56.5.